The Morgan fingerprint density at radius 3 is 2.83 bits per heavy atom. The van der Waals surface area contributed by atoms with Crippen LogP contribution in [0, 0.1) is 0 Å². The van der Waals surface area contributed by atoms with E-state index in [1.54, 1.807) is 6.26 Å². The largest absolute Gasteiger partial charge is 0.480 e. The number of carboxylic acid groups (broad SMARTS) is 1. The third kappa shape index (κ3) is 4.49. The van der Waals surface area contributed by atoms with Crippen LogP contribution >= 0.6 is 11.8 Å². The number of urea groups is 1. The predicted molar refractivity (Wildman–Crippen MR) is 72.1 cm³/mol. The molecular weight excluding hydrogens is 276 g/mol. The lowest BCUT2D eigenvalue weighted by molar-refractivity contribution is -0.140. The van der Waals surface area contributed by atoms with Crippen molar-refractivity contribution in [3.8, 4) is 0 Å². The van der Waals surface area contributed by atoms with Gasteiger partial charge in [0.2, 0.25) is 0 Å². The number of hydrogen-bond acceptors (Lipinski definition) is 4. The summed E-state index contributed by atoms with van der Waals surface area (Å²) in [5.41, 5.74) is 0. The van der Waals surface area contributed by atoms with E-state index in [-0.39, 0.29) is 12.1 Å². The zero-order chi connectivity index (χ0) is 13.7. The predicted octanol–water partition coefficient (Wildman–Crippen LogP) is 0.313. The van der Waals surface area contributed by atoms with Gasteiger partial charge in [-0.3, -0.25) is 4.21 Å². The van der Waals surface area contributed by atoms with Gasteiger partial charge in [0, 0.05) is 34.6 Å². The fraction of sp³-hybridized carbons (Fsp3) is 0.800. The van der Waals surface area contributed by atoms with Gasteiger partial charge in [0.15, 0.2) is 0 Å². The first-order valence-electron chi connectivity index (χ1n) is 5.59. The Kier molecular flexibility index (Phi) is 5.94. The third-order valence-electron chi connectivity index (χ3n) is 2.64. The van der Waals surface area contributed by atoms with Crippen LogP contribution in [0.2, 0.25) is 0 Å². The second kappa shape index (κ2) is 6.98. The Hall–Kier alpha value is -0.760. The molecule has 1 heterocycles. The minimum Gasteiger partial charge on any atom is -0.480 e. The van der Waals surface area contributed by atoms with Gasteiger partial charge in [-0.2, -0.15) is 0 Å². The van der Waals surface area contributed by atoms with Gasteiger partial charge in [-0.05, 0) is 13.3 Å². The number of nitrogens with one attached hydrogen (secondary N) is 1. The van der Waals surface area contributed by atoms with Crippen LogP contribution < -0.4 is 5.32 Å². The number of thioether (sulfide) groups is 1. The zero-order valence-corrected chi connectivity index (χ0v) is 12.1. The van der Waals surface area contributed by atoms with Crippen LogP contribution in [-0.4, -0.2) is 61.9 Å². The third-order valence-corrected chi connectivity index (χ3v) is 4.46. The van der Waals surface area contributed by atoms with Gasteiger partial charge in [-0.15, -0.1) is 11.8 Å². The topological polar surface area (TPSA) is 86.7 Å². The molecule has 0 saturated carbocycles. The van der Waals surface area contributed by atoms with Crippen molar-refractivity contribution in [3.05, 3.63) is 0 Å². The van der Waals surface area contributed by atoms with Gasteiger partial charge < -0.3 is 15.3 Å². The van der Waals surface area contributed by atoms with Gasteiger partial charge >= 0.3 is 12.0 Å². The molecule has 104 valence electrons. The van der Waals surface area contributed by atoms with Crippen molar-refractivity contribution in [2.45, 2.75) is 25.4 Å². The van der Waals surface area contributed by atoms with Crippen molar-refractivity contribution in [2.24, 2.45) is 0 Å². The Bertz CT molecular complexity index is 351. The van der Waals surface area contributed by atoms with Crippen molar-refractivity contribution in [3.63, 3.8) is 0 Å². The van der Waals surface area contributed by atoms with Crippen molar-refractivity contribution in [1.82, 2.24) is 10.2 Å². The number of nitrogens with zero attached hydrogens (tertiary/aromatic N) is 1. The molecule has 18 heavy (non-hydrogen) atoms. The summed E-state index contributed by atoms with van der Waals surface area (Å²) >= 11 is 1.43. The van der Waals surface area contributed by atoms with Crippen LogP contribution in [0.1, 0.15) is 13.3 Å². The standard InChI is InChI=1S/C10H18N2O4S2/c1-7(3-4-18(2)16)11-10(15)12-6-17-5-8(12)9(13)14/h7-8H,3-6H2,1-2H3,(H,11,15)(H,13,14)/t7?,8-,18?/m0/s1. The van der Waals surface area contributed by atoms with Crippen LogP contribution in [0.4, 0.5) is 4.79 Å². The van der Waals surface area contributed by atoms with Crippen LogP contribution in [-0.2, 0) is 15.6 Å². The lowest BCUT2D eigenvalue weighted by Crippen LogP contribution is -2.49. The highest BCUT2D eigenvalue weighted by Gasteiger charge is 2.34. The van der Waals surface area contributed by atoms with Gasteiger partial charge in [-0.25, -0.2) is 9.59 Å². The van der Waals surface area contributed by atoms with Gasteiger partial charge in [-0.1, -0.05) is 0 Å². The summed E-state index contributed by atoms with van der Waals surface area (Å²) in [4.78, 5) is 24.1. The van der Waals surface area contributed by atoms with Crippen LogP contribution in [0.3, 0.4) is 0 Å². The molecule has 3 atom stereocenters. The first-order chi connectivity index (χ1) is 8.41. The van der Waals surface area contributed by atoms with Crippen molar-refractivity contribution in [2.75, 3.05) is 23.6 Å². The summed E-state index contributed by atoms with van der Waals surface area (Å²) in [5.74, 6) is 0.377. The normalized spacial score (nSPS) is 22.6. The molecule has 1 fully saturated rings. The lowest BCUT2D eigenvalue weighted by Gasteiger charge is -2.23. The SMILES string of the molecule is CC(CCS(C)=O)NC(=O)N1CSC[C@H]1C(=O)O. The number of carboxylic acids is 1. The molecule has 0 aromatic carbocycles. The summed E-state index contributed by atoms with van der Waals surface area (Å²) in [6.07, 6.45) is 2.24. The Morgan fingerprint density at radius 2 is 2.28 bits per heavy atom. The van der Waals surface area contributed by atoms with Crippen molar-refractivity contribution >= 4 is 34.6 Å². The molecule has 0 aromatic heterocycles. The van der Waals surface area contributed by atoms with Crippen LogP contribution in [0.15, 0.2) is 0 Å². The highest BCUT2D eigenvalue weighted by Crippen LogP contribution is 2.21. The van der Waals surface area contributed by atoms with E-state index in [0.29, 0.717) is 23.8 Å². The summed E-state index contributed by atoms with van der Waals surface area (Å²) in [5, 5.41) is 11.7. The molecule has 1 rings (SSSR count). The van der Waals surface area contributed by atoms with E-state index in [1.165, 1.54) is 16.7 Å². The highest BCUT2D eigenvalue weighted by molar-refractivity contribution is 7.99. The average molecular weight is 294 g/mol. The Balaban J connectivity index is 2.44. The molecule has 1 aliphatic rings. The smallest absolute Gasteiger partial charge is 0.327 e. The van der Waals surface area contributed by atoms with Crippen molar-refractivity contribution < 1.29 is 18.9 Å². The number of hydrogen-bond donors (Lipinski definition) is 2. The van der Waals surface area contributed by atoms with Crippen LogP contribution in [0.25, 0.3) is 0 Å². The van der Waals surface area contributed by atoms with E-state index in [9.17, 15) is 13.8 Å². The second-order valence-corrected chi connectivity index (χ2v) is 6.79. The average Bonchev–Trinajstić information content (AvgIpc) is 2.75. The Labute approximate surface area is 113 Å². The maximum Gasteiger partial charge on any atom is 0.327 e. The van der Waals surface area contributed by atoms with E-state index >= 15 is 0 Å². The van der Waals surface area contributed by atoms with E-state index in [4.69, 9.17) is 5.11 Å². The van der Waals surface area contributed by atoms with E-state index in [1.807, 2.05) is 6.92 Å². The molecule has 0 aliphatic carbocycles. The first kappa shape index (κ1) is 15.3. The van der Waals surface area contributed by atoms with Crippen LogP contribution in [0.5, 0.6) is 0 Å². The molecule has 0 bridgehead atoms. The molecule has 2 unspecified atom stereocenters. The molecule has 2 N–H and O–H groups in total. The van der Waals surface area contributed by atoms with E-state index < -0.39 is 22.8 Å². The zero-order valence-electron chi connectivity index (χ0n) is 10.4. The number of carbonyl (C=O) groups is 2. The maximum atomic E-state index is 11.9. The first-order valence-corrected chi connectivity index (χ1v) is 8.47. The molecular formula is C10H18N2O4S2. The number of amides is 2. The molecule has 0 aromatic rings. The molecule has 8 heteroatoms. The number of rotatable bonds is 5. The Morgan fingerprint density at radius 1 is 1.61 bits per heavy atom. The highest BCUT2D eigenvalue weighted by atomic mass is 32.2. The quantitative estimate of drug-likeness (QED) is 0.762. The monoisotopic (exact) mass is 294 g/mol. The van der Waals surface area contributed by atoms with E-state index in [0.717, 1.165) is 0 Å². The van der Waals surface area contributed by atoms with Gasteiger partial charge in [0.1, 0.15) is 6.04 Å². The summed E-state index contributed by atoms with van der Waals surface area (Å²) < 4.78 is 10.9. The number of carbonyl (C=O) groups excluding carboxylic acids is 1. The van der Waals surface area contributed by atoms with Crippen molar-refractivity contribution in [1.29, 1.82) is 0 Å². The van der Waals surface area contributed by atoms with Gasteiger partial charge in [0.05, 0.1) is 5.88 Å². The summed E-state index contributed by atoms with van der Waals surface area (Å²) in [7, 11) is -0.880. The van der Waals surface area contributed by atoms with Gasteiger partial charge in [0.25, 0.3) is 0 Å². The molecule has 1 saturated heterocycles. The fourth-order valence-electron chi connectivity index (χ4n) is 1.56. The minimum atomic E-state index is -0.975. The molecule has 1 aliphatic heterocycles. The van der Waals surface area contributed by atoms with E-state index in [2.05, 4.69) is 5.32 Å². The minimum absolute atomic E-state index is 0.110. The lowest BCUT2D eigenvalue weighted by atomic mass is 10.2. The summed E-state index contributed by atoms with van der Waals surface area (Å²) in [6, 6.07) is -1.22. The maximum absolute atomic E-state index is 11.9. The second-order valence-electron chi connectivity index (χ2n) is 4.24. The fourth-order valence-corrected chi connectivity index (χ4v) is 3.39. The molecule has 0 spiro atoms. The molecule has 0 radical (unpaired) electrons. The molecule has 6 nitrogen and oxygen atoms in total. The summed E-state index contributed by atoms with van der Waals surface area (Å²) in [6.45, 7) is 1.82. The molecule has 2 amide bonds. The number of aliphatic carboxylic acids is 1.